The van der Waals surface area contributed by atoms with E-state index in [1.165, 1.54) is 56.3 Å². The summed E-state index contributed by atoms with van der Waals surface area (Å²) in [4.78, 5) is 2.72. The molecule has 1 fully saturated rings. The molecule has 0 amide bonds. The molecule has 2 aliphatic rings. The first-order chi connectivity index (χ1) is 9.79. The Morgan fingerprint density at radius 2 is 1.95 bits per heavy atom. The molecular weight excluding hydrogens is 244 g/mol. The van der Waals surface area contributed by atoms with Crippen LogP contribution in [0.3, 0.4) is 0 Å². The lowest BCUT2D eigenvalue weighted by atomic mass is 9.86. The van der Waals surface area contributed by atoms with Gasteiger partial charge in [-0.15, -0.1) is 0 Å². The van der Waals surface area contributed by atoms with Gasteiger partial charge in [-0.2, -0.15) is 0 Å². The van der Waals surface area contributed by atoms with Crippen molar-refractivity contribution in [1.82, 2.24) is 5.32 Å². The first kappa shape index (κ1) is 13.9. The van der Waals surface area contributed by atoms with Gasteiger partial charge in [0.05, 0.1) is 0 Å². The predicted octanol–water partition coefficient (Wildman–Crippen LogP) is 4.13. The number of fused-ring (bicyclic) bond motifs is 1. The third-order valence-corrected chi connectivity index (χ3v) is 5.21. The Hall–Kier alpha value is -1.02. The van der Waals surface area contributed by atoms with Crippen molar-refractivity contribution >= 4 is 5.69 Å². The standard InChI is InChI=1S/C18H28N2/c1-14-7-5-8-15(13-14)20-12-6-10-17(19-2)16-9-3-4-11-18(16)20/h3-4,9,11,14-15,17,19H,5-8,10,12-13H2,1-2H3. The summed E-state index contributed by atoms with van der Waals surface area (Å²) in [6.07, 6.45) is 8.13. The topological polar surface area (TPSA) is 15.3 Å². The fourth-order valence-electron chi connectivity index (χ4n) is 4.15. The normalized spacial score (nSPS) is 30.7. The molecule has 0 aromatic heterocycles. The van der Waals surface area contributed by atoms with Crippen molar-refractivity contribution < 1.29 is 0 Å². The molecule has 1 aliphatic carbocycles. The minimum absolute atomic E-state index is 0.525. The Morgan fingerprint density at radius 1 is 1.10 bits per heavy atom. The Labute approximate surface area is 123 Å². The highest BCUT2D eigenvalue weighted by molar-refractivity contribution is 5.56. The van der Waals surface area contributed by atoms with Gasteiger partial charge in [0, 0.05) is 24.3 Å². The van der Waals surface area contributed by atoms with E-state index in [1.807, 2.05) is 0 Å². The average molecular weight is 272 g/mol. The van der Waals surface area contributed by atoms with Gasteiger partial charge < -0.3 is 10.2 Å². The van der Waals surface area contributed by atoms with E-state index >= 15 is 0 Å². The number of para-hydroxylation sites is 1. The number of benzene rings is 1. The number of anilines is 1. The van der Waals surface area contributed by atoms with Crippen LogP contribution in [0.5, 0.6) is 0 Å². The average Bonchev–Trinajstić information content (AvgIpc) is 2.66. The van der Waals surface area contributed by atoms with Crippen molar-refractivity contribution in [2.75, 3.05) is 18.5 Å². The molecule has 20 heavy (non-hydrogen) atoms. The van der Waals surface area contributed by atoms with Gasteiger partial charge in [-0.05, 0) is 50.3 Å². The fourth-order valence-corrected chi connectivity index (χ4v) is 4.15. The number of hydrogen-bond acceptors (Lipinski definition) is 2. The summed E-state index contributed by atoms with van der Waals surface area (Å²) in [6, 6.07) is 10.3. The Bertz CT molecular complexity index is 443. The Balaban J connectivity index is 1.90. The largest absolute Gasteiger partial charge is 0.368 e. The zero-order valence-corrected chi connectivity index (χ0v) is 12.9. The van der Waals surface area contributed by atoms with Crippen LogP contribution in [0.4, 0.5) is 5.69 Å². The maximum atomic E-state index is 3.51. The molecular formula is C18H28N2. The SMILES string of the molecule is CNC1CCCN(C2CCCC(C)C2)c2ccccc21. The predicted molar refractivity (Wildman–Crippen MR) is 86.2 cm³/mol. The Kier molecular flexibility index (Phi) is 4.30. The van der Waals surface area contributed by atoms with Gasteiger partial charge in [0.15, 0.2) is 0 Å². The van der Waals surface area contributed by atoms with Crippen molar-refractivity contribution in [2.24, 2.45) is 5.92 Å². The minimum atomic E-state index is 0.525. The smallest absolute Gasteiger partial charge is 0.0417 e. The molecule has 1 aliphatic heterocycles. The van der Waals surface area contributed by atoms with Gasteiger partial charge in [0.1, 0.15) is 0 Å². The van der Waals surface area contributed by atoms with Gasteiger partial charge in [-0.3, -0.25) is 0 Å². The molecule has 2 nitrogen and oxygen atoms in total. The van der Waals surface area contributed by atoms with Crippen molar-refractivity contribution in [1.29, 1.82) is 0 Å². The van der Waals surface area contributed by atoms with Crippen LogP contribution in [0, 0.1) is 5.92 Å². The van der Waals surface area contributed by atoms with Crippen LogP contribution in [-0.4, -0.2) is 19.6 Å². The van der Waals surface area contributed by atoms with Crippen LogP contribution in [0.25, 0.3) is 0 Å². The van der Waals surface area contributed by atoms with E-state index in [2.05, 4.69) is 48.5 Å². The maximum Gasteiger partial charge on any atom is 0.0417 e. The van der Waals surface area contributed by atoms with Crippen molar-refractivity contribution in [3.8, 4) is 0 Å². The summed E-state index contributed by atoms with van der Waals surface area (Å²) >= 11 is 0. The highest BCUT2D eigenvalue weighted by Crippen LogP contribution is 2.37. The molecule has 1 heterocycles. The molecule has 0 radical (unpaired) electrons. The van der Waals surface area contributed by atoms with Gasteiger partial charge in [0.2, 0.25) is 0 Å². The van der Waals surface area contributed by atoms with Crippen molar-refractivity contribution in [3.05, 3.63) is 29.8 Å². The molecule has 1 aromatic carbocycles. The van der Waals surface area contributed by atoms with E-state index in [-0.39, 0.29) is 0 Å². The second-order valence-electron chi connectivity index (χ2n) is 6.66. The quantitative estimate of drug-likeness (QED) is 0.871. The van der Waals surface area contributed by atoms with E-state index in [1.54, 1.807) is 0 Å². The molecule has 1 aromatic rings. The summed E-state index contributed by atoms with van der Waals surface area (Å²) in [5.74, 6) is 0.893. The van der Waals surface area contributed by atoms with Crippen molar-refractivity contribution in [3.63, 3.8) is 0 Å². The number of hydrogen-bond donors (Lipinski definition) is 1. The highest BCUT2D eigenvalue weighted by Gasteiger charge is 2.29. The second kappa shape index (κ2) is 6.17. The Morgan fingerprint density at radius 3 is 2.75 bits per heavy atom. The molecule has 2 heteroatoms. The molecule has 3 rings (SSSR count). The van der Waals surface area contributed by atoms with E-state index < -0.39 is 0 Å². The summed E-state index contributed by atoms with van der Waals surface area (Å²) in [6.45, 7) is 3.65. The van der Waals surface area contributed by atoms with E-state index in [9.17, 15) is 0 Å². The first-order valence-electron chi connectivity index (χ1n) is 8.32. The summed E-state index contributed by atoms with van der Waals surface area (Å²) < 4.78 is 0. The lowest BCUT2D eigenvalue weighted by molar-refractivity contribution is 0.329. The second-order valence-corrected chi connectivity index (χ2v) is 6.66. The highest BCUT2D eigenvalue weighted by atomic mass is 15.2. The van der Waals surface area contributed by atoms with E-state index in [0.29, 0.717) is 6.04 Å². The first-order valence-corrected chi connectivity index (χ1v) is 8.32. The zero-order chi connectivity index (χ0) is 13.9. The number of rotatable bonds is 2. The van der Waals surface area contributed by atoms with Crippen LogP contribution in [0.1, 0.15) is 57.1 Å². The van der Waals surface area contributed by atoms with Crippen LogP contribution >= 0.6 is 0 Å². The van der Waals surface area contributed by atoms with Crippen LogP contribution < -0.4 is 10.2 Å². The summed E-state index contributed by atoms with van der Waals surface area (Å²) in [5.41, 5.74) is 2.99. The third kappa shape index (κ3) is 2.71. The monoisotopic (exact) mass is 272 g/mol. The van der Waals surface area contributed by atoms with Crippen LogP contribution in [-0.2, 0) is 0 Å². The van der Waals surface area contributed by atoms with Crippen LogP contribution in [0.2, 0.25) is 0 Å². The van der Waals surface area contributed by atoms with E-state index in [0.717, 1.165) is 12.0 Å². The fraction of sp³-hybridized carbons (Fsp3) is 0.667. The summed E-state index contributed by atoms with van der Waals surface area (Å²) in [5, 5.41) is 3.51. The maximum absolute atomic E-state index is 3.51. The van der Waals surface area contributed by atoms with Gasteiger partial charge in [-0.25, -0.2) is 0 Å². The number of nitrogens with one attached hydrogen (secondary N) is 1. The van der Waals surface area contributed by atoms with Gasteiger partial charge >= 0.3 is 0 Å². The molecule has 1 N–H and O–H groups in total. The van der Waals surface area contributed by atoms with Crippen LogP contribution in [0.15, 0.2) is 24.3 Å². The van der Waals surface area contributed by atoms with E-state index in [4.69, 9.17) is 0 Å². The minimum Gasteiger partial charge on any atom is -0.368 e. The van der Waals surface area contributed by atoms with Gasteiger partial charge in [-0.1, -0.05) is 38.0 Å². The molecule has 0 bridgehead atoms. The molecule has 0 saturated heterocycles. The zero-order valence-electron chi connectivity index (χ0n) is 12.9. The van der Waals surface area contributed by atoms with Gasteiger partial charge in [0.25, 0.3) is 0 Å². The summed E-state index contributed by atoms with van der Waals surface area (Å²) in [7, 11) is 2.10. The van der Waals surface area contributed by atoms with Crippen molar-refractivity contribution in [2.45, 2.75) is 57.5 Å². The molecule has 1 saturated carbocycles. The third-order valence-electron chi connectivity index (χ3n) is 5.21. The number of nitrogens with zero attached hydrogens (tertiary/aromatic N) is 1. The lowest BCUT2D eigenvalue weighted by Gasteiger charge is -2.38. The molecule has 110 valence electrons. The molecule has 0 spiro atoms. The molecule has 3 unspecified atom stereocenters. The lowest BCUT2D eigenvalue weighted by Crippen LogP contribution is -2.39. The molecule has 3 atom stereocenters.